The monoisotopic (exact) mass is 816 g/mol. The zero-order valence-corrected chi connectivity index (χ0v) is 31.2. The number of hydrogen-bond donors (Lipinski definition) is 0. The van der Waals surface area contributed by atoms with Gasteiger partial charge in [0.05, 0.1) is 173 Å². The first-order valence-electron chi connectivity index (χ1n) is 20.6. The highest BCUT2D eigenvalue weighted by atomic mass is 14.5. The number of allylic oxidation sites excluding steroid dienone is 8. The van der Waals surface area contributed by atoms with E-state index in [9.17, 15) is 84.2 Å². The summed E-state index contributed by atoms with van der Waals surface area (Å²) < 4.78 is 69.6. The van der Waals surface area contributed by atoms with Gasteiger partial charge in [-0.25, -0.2) is 0 Å². The van der Waals surface area contributed by atoms with Crippen LogP contribution in [0.3, 0.4) is 0 Å². The summed E-state index contributed by atoms with van der Waals surface area (Å²) in [5, 5.41) is 169. The molecule has 1 fully saturated rings. The Morgan fingerprint density at radius 2 is 0.391 bits per heavy atom. The van der Waals surface area contributed by atoms with E-state index in [0.29, 0.717) is 0 Å². The molecule has 0 unspecified atom stereocenters. The molecule has 16 heteroatoms. The summed E-state index contributed by atoms with van der Waals surface area (Å²) in [6.07, 6.45) is 0. The van der Waals surface area contributed by atoms with Crippen LogP contribution in [0.5, 0.6) is 0 Å². The van der Waals surface area contributed by atoms with Gasteiger partial charge in [0.15, 0.2) is 0 Å². The van der Waals surface area contributed by atoms with Crippen molar-refractivity contribution in [3.8, 4) is 97.1 Å². The van der Waals surface area contributed by atoms with Gasteiger partial charge in [0.1, 0.15) is 24.3 Å². The Balaban J connectivity index is 2.53. The average Bonchev–Trinajstić information content (AvgIpc) is 3.36. The second-order valence-corrected chi connectivity index (χ2v) is 11.8. The van der Waals surface area contributed by atoms with Crippen molar-refractivity contribution in [3.05, 3.63) is 160 Å². The molecule has 16 nitrogen and oxygen atoms in total. The van der Waals surface area contributed by atoms with Gasteiger partial charge < -0.3 is 0 Å². The molecule has 0 atom stereocenters. The third-order valence-corrected chi connectivity index (χ3v) is 8.79. The number of nitriles is 16. The van der Waals surface area contributed by atoms with Crippen molar-refractivity contribution in [2.24, 2.45) is 0 Å². The topological polar surface area (TPSA) is 381 Å². The molecule has 0 aliphatic heterocycles. The summed E-state index contributed by atoms with van der Waals surface area (Å²) in [5.74, 6) is 0. The highest BCUT2D eigenvalue weighted by Gasteiger charge is 2.44. The Bertz CT molecular complexity index is 3540. The Morgan fingerprint density at radius 1 is 0.250 bits per heavy atom. The minimum absolute atomic E-state index is 0.898. The summed E-state index contributed by atoms with van der Waals surface area (Å²) in [5.41, 5.74) is -25.0. The van der Waals surface area contributed by atoms with E-state index in [1.54, 1.807) is 24.3 Å². The second kappa shape index (κ2) is 17.9. The van der Waals surface area contributed by atoms with Crippen LogP contribution in [0.1, 0.15) is 100.0 Å². The van der Waals surface area contributed by atoms with Crippen LogP contribution in [0.4, 0.5) is 0 Å². The van der Waals surface area contributed by atoms with Crippen molar-refractivity contribution in [1.82, 2.24) is 0 Å². The predicted octanol–water partition coefficient (Wildman–Crippen LogP) is 6.37. The quantitative estimate of drug-likeness (QED) is 0.202. The molecule has 280 valence electrons. The molecular formula is C48H8N16. The minimum Gasteiger partial charge on any atom is -0.192 e. The van der Waals surface area contributed by atoms with Gasteiger partial charge in [-0.15, -0.1) is 0 Å². The van der Waals surface area contributed by atoms with E-state index in [-0.39, 0.29) is 0 Å². The molecule has 0 saturated heterocycles. The first-order chi connectivity index (χ1) is 34.5. The van der Waals surface area contributed by atoms with Crippen molar-refractivity contribution in [2.45, 2.75) is 0 Å². The Morgan fingerprint density at radius 3 is 0.484 bits per heavy atom. The van der Waals surface area contributed by atoms with Crippen molar-refractivity contribution >= 4 is 22.3 Å². The van der Waals surface area contributed by atoms with Crippen LogP contribution in [0.2, 0.25) is 0 Å². The summed E-state index contributed by atoms with van der Waals surface area (Å²) in [6.45, 7) is 0. The third-order valence-electron chi connectivity index (χ3n) is 8.79. The van der Waals surface area contributed by atoms with Crippen LogP contribution in [-0.4, -0.2) is 0 Å². The van der Waals surface area contributed by atoms with E-state index < -0.39 is 182 Å². The van der Waals surface area contributed by atoms with Crippen LogP contribution in [0.25, 0.3) is 22.3 Å². The SMILES string of the molecule is [2H]c1c(C#N)c([2H])c(C#N)c(C(C#N)=C2C(=C(C#N)c3c(C#N)c([2H])c(C#N)c([2H])c3C#N)C(=C(C#N)c3c(C#N)c([2H])c(C#N)c([2H])c3C#N)C2=C(C#N)c2c(C#N)c([2H])c(C#N)c([2H])c2C#N)c1C#N. The van der Waals surface area contributed by atoms with E-state index in [2.05, 4.69) is 0 Å². The smallest absolute Gasteiger partial charge is 0.101 e. The number of rotatable bonds is 4. The molecular weight excluding hydrogens is 801 g/mol. The molecule has 5 rings (SSSR count). The van der Waals surface area contributed by atoms with Crippen molar-refractivity contribution in [2.75, 3.05) is 0 Å². The molecule has 1 aliphatic carbocycles. The lowest BCUT2D eigenvalue weighted by Crippen LogP contribution is -2.22. The molecule has 0 spiro atoms. The van der Waals surface area contributed by atoms with Crippen LogP contribution < -0.4 is 0 Å². The highest BCUT2D eigenvalue weighted by Crippen LogP contribution is 2.58. The molecule has 0 heterocycles. The zero-order valence-electron chi connectivity index (χ0n) is 39.2. The summed E-state index contributed by atoms with van der Waals surface area (Å²) in [6, 6.07) is 15.9. The molecule has 0 N–H and O–H groups in total. The van der Waals surface area contributed by atoms with Crippen LogP contribution >= 0.6 is 0 Å². The number of nitrogens with zero attached hydrogens (tertiary/aromatic N) is 16. The third kappa shape index (κ3) is 6.79. The molecule has 0 radical (unpaired) electrons. The van der Waals surface area contributed by atoms with E-state index >= 15 is 0 Å². The van der Waals surface area contributed by atoms with Crippen LogP contribution in [0.15, 0.2) is 70.6 Å². The Hall–Kier alpha value is -12.3. The fraction of sp³-hybridized carbons (Fsp3) is 0. The molecule has 4 aromatic carbocycles. The van der Waals surface area contributed by atoms with E-state index in [1.807, 2.05) is 0 Å². The highest BCUT2D eigenvalue weighted by molar-refractivity contribution is 6.14. The Kier molecular flexibility index (Phi) is 9.14. The second-order valence-electron chi connectivity index (χ2n) is 11.8. The maximum Gasteiger partial charge on any atom is 0.101 e. The van der Waals surface area contributed by atoms with Gasteiger partial charge in [0.2, 0.25) is 0 Å². The van der Waals surface area contributed by atoms with Gasteiger partial charge in [-0.05, 0) is 48.3 Å². The fourth-order valence-electron chi connectivity index (χ4n) is 6.40. The number of hydrogen-bond acceptors (Lipinski definition) is 16. The molecule has 1 aliphatic rings. The minimum atomic E-state index is -1.19. The van der Waals surface area contributed by atoms with Crippen molar-refractivity contribution in [3.63, 3.8) is 0 Å². The molecule has 0 aromatic heterocycles. The fourth-order valence-corrected chi connectivity index (χ4v) is 6.40. The van der Waals surface area contributed by atoms with E-state index in [4.69, 9.17) is 11.0 Å². The maximum absolute atomic E-state index is 11.3. The van der Waals surface area contributed by atoms with Crippen LogP contribution in [0, 0.1) is 181 Å². The van der Waals surface area contributed by atoms with Gasteiger partial charge >= 0.3 is 0 Å². The average molecular weight is 817 g/mol. The first-order valence-corrected chi connectivity index (χ1v) is 16.6. The first kappa shape index (κ1) is 32.7. The van der Waals surface area contributed by atoms with Gasteiger partial charge in [0.25, 0.3) is 0 Å². The van der Waals surface area contributed by atoms with Gasteiger partial charge in [-0.1, -0.05) is 0 Å². The largest absolute Gasteiger partial charge is 0.192 e. The molecule has 4 aromatic rings. The van der Waals surface area contributed by atoms with Crippen molar-refractivity contribution < 1.29 is 11.0 Å². The van der Waals surface area contributed by atoms with Crippen molar-refractivity contribution in [1.29, 1.82) is 84.2 Å². The normalized spacial score (nSPS) is 11.9. The van der Waals surface area contributed by atoms with E-state index in [1.165, 1.54) is 72.8 Å². The Labute approximate surface area is 373 Å². The molecule has 64 heavy (non-hydrogen) atoms. The van der Waals surface area contributed by atoms with Gasteiger partial charge in [-0.2, -0.15) is 84.2 Å². The molecule has 1 saturated carbocycles. The van der Waals surface area contributed by atoms with E-state index in [0.717, 1.165) is 0 Å². The summed E-state index contributed by atoms with van der Waals surface area (Å²) in [4.78, 5) is 0. The van der Waals surface area contributed by atoms with Gasteiger partial charge in [0, 0.05) is 44.5 Å². The molecule has 0 bridgehead atoms. The predicted molar refractivity (Wildman–Crippen MR) is 212 cm³/mol. The maximum atomic E-state index is 11.3. The lowest BCUT2D eigenvalue weighted by molar-refractivity contribution is 1.23. The lowest BCUT2D eigenvalue weighted by atomic mass is 9.63. The molecule has 0 amide bonds. The standard InChI is InChI=1S/C48H8N16/c49-9-25-1-29(13-53)41(30(2-25)14-54)37(21-61)45-46(38(22-62)42-31(15-55)3-26(10-50)4-32(42)16-56)48(40(24-64)44-35(19-59)7-28(12-52)8-36(44)20-60)47(45)39(23-63)43-33(17-57)5-27(11-51)6-34(43)18-58/h1-8H/i1D,2D,3D,4D,5D,6D,7D,8D. The lowest BCUT2D eigenvalue weighted by Gasteiger charge is -2.36. The van der Waals surface area contributed by atoms with Gasteiger partial charge in [-0.3, -0.25) is 0 Å². The summed E-state index contributed by atoms with van der Waals surface area (Å²) >= 11 is 0. The zero-order chi connectivity index (χ0) is 53.8. The van der Waals surface area contributed by atoms with Crippen LogP contribution in [-0.2, 0) is 0 Å². The summed E-state index contributed by atoms with van der Waals surface area (Å²) in [7, 11) is 0. The number of benzene rings is 4.